The molecule has 5 aromatic rings. The Balaban J connectivity index is 1.72. The van der Waals surface area contributed by atoms with Gasteiger partial charge >= 0.3 is 0 Å². The van der Waals surface area contributed by atoms with Crippen molar-refractivity contribution in [3.05, 3.63) is 76.5 Å². The Labute approximate surface area is 167 Å². The molecule has 0 nitrogen and oxygen atoms in total. The molecule has 6 rings (SSSR count). The molecule has 0 aliphatic carbocycles. The first kappa shape index (κ1) is 15.7. The van der Waals surface area contributed by atoms with Gasteiger partial charge in [-0.05, 0) is 72.1 Å². The average molecular weight is 380 g/mol. The highest BCUT2D eigenvalue weighted by molar-refractivity contribution is 7.19. The molecule has 0 atom stereocenters. The average Bonchev–Trinajstić information content (AvgIpc) is 3.29. The van der Waals surface area contributed by atoms with E-state index in [1.54, 1.807) is 0 Å². The fraction of sp³-hybridized carbons (Fsp3) is 0.0833. The zero-order chi connectivity index (χ0) is 18.1. The van der Waals surface area contributed by atoms with Gasteiger partial charge in [0, 0.05) is 19.2 Å². The van der Waals surface area contributed by atoms with Crippen molar-refractivity contribution in [3.63, 3.8) is 0 Å². The number of thiophene rings is 2. The molecule has 0 saturated carbocycles. The third kappa shape index (κ3) is 2.28. The third-order valence-corrected chi connectivity index (χ3v) is 7.70. The second kappa shape index (κ2) is 5.57. The first-order chi connectivity index (χ1) is 13.2. The van der Waals surface area contributed by atoms with Crippen molar-refractivity contribution in [2.45, 2.75) is 13.8 Å². The third-order valence-electron chi connectivity index (χ3n) is 5.67. The van der Waals surface area contributed by atoms with Crippen LogP contribution >= 0.6 is 22.7 Å². The molecule has 128 valence electrons. The molecule has 1 aliphatic rings. The van der Waals surface area contributed by atoms with Gasteiger partial charge in [0.2, 0.25) is 6.71 Å². The lowest BCUT2D eigenvalue weighted by Crippen LogP contribution is -2.48. The Morgan fingerprint density at radius 1 is 0.630 bits per heavy atom. The molecule has 3 heteroatoms. The smallest absolute Gasteiger partial charge is 0.141 e. The van der Waals surface area contributed by atoms with E-state index in [1.165, 1.54) is 57.4 Å². The summed E-state index contributed by atoms with van der Waals surface area (Å²) < 4.78 is 2.80. The number of aryl methyl sites for hydroxylation is 2. The fourth-order valence-corrected chi connectivity index (χ4v) is 6.50. The Kier molecular flexibility index (Phi) is 3.24. The Morgan fingerprint density at radius 3 is 1.67 bits per heavy atom. The van der Waals surface area contributed by atoms with Crippen LogP contribution in [-0.2, 0) is 0 Å². The Morgan fingerprint density at radius 2 is 1.15 bits per heavy atom. The van der Waals surface area contributed by atoms with Crippen LogP contribution in [0.5, 0.6) is 0 Å². The van der Waals surface area contributed by atoms with Crippen LogP contribution in [0.2, 0.25) is 0 Å². The molecule has 0 bridgehead atoms. The summed E-state index contributed by atoms with van der Waals surface area (Å²) in [6.45, 7) is 4.74. The van der Waals surface area contributed by atoms with Crippen molar-refractivity contribution in [1.82, 2.24) is 0 Å². The number of rotatable bonds is 1. The van der Waals surface area contributed by atoms with E-state index in [1.807, 2.05) is 22.7 Å². The van der Waals surface area contributed by atoms with Gasteiger partial charge in [0.25, 0.3) is 0 Å². The molecular weight excluding hydrogens is 363 g/mol. The zero-order valence-corrected chi connectivity index (χ0v) is 16.9. The van der Waals surface area contributed by atoms with Gasteiger partial charge in [-0.1, -0.05) is 46.7 Å². The van der Waals surface area contributed by atoms with Gasteiger partial charge < -0.3 is 0 Å². The van der Waals surface area contributed by atoms with Crippen molar-refractivity contribution in [3.8, 4) is 11.1 Å². The summed E-state index contributed by atoms with van der Waals surface area (Å²) in [5.74, 6) is 0. The molecule has 0 amide bonds. The summed E-state index contributed by atoms with van der Waals surface area (Å²) in [7, 11) is 0. The summed E-state index contributed by atoms with van der Waals surface area (Å²) in [4.78, 5) is 2.77. The van der Waals surface area contributed by atoms with Gasteiger partial charge in [-0.15, -0.1) is 22.7 Å². The monoisotopic (exact) mass is 380 g/mol. The van der Waals surface area contributed by atoms with Crippen LogP contribution in [0.15, 0.2) is 66.7 Å². The van der Waals surface area contributed by atoms with Crippen molar-refractivity contribution in [1.29, 1.82) is 0 Å². The first-order valence-electron chi connectivity index (χ1n) is 9.31. The van der Waals surface area contributed by atoms with E-state index in [9.17, 15) is 0 Å². The molecule has 1 aliphatic heterocycles. The van der Waals surface area contributed by atoms with Crippen LogP contribution in [0, 0.1) is 13.8 Å². The molecule has 3 heterocycles. The molecular formula is C24H17BS2. The van der Waals surface area contributed by atoms with E-state index in [0.717, 1.165) is 0 Å². The van der Waals surface area contributed by atoms with Gasteiger partial charge in [0.1, 0.15) is 0 Å². The van der Waals surface area contributed by atoms with Crippen molar-refractivity contribution in [2.75, 3.05) is 0 Å². The largest absolute Gasteiger partial charge is 0.242 e. The highest BCUT2D eigenvalue weighted by Crippen LogP contribution is 2.35. The van der Waals surface area contributed by atoms with Crippen molar-refractivity contribution < 1.29 is 0 Å². The maximum absolute atomic E-state index is 2.44. The lowest BCUT2D eigenvalue weighted by atomic mass is 9.39. The molecule has 0 N–H and O–H groups in total. The predicted octanol–water partition coefficient (Wildman–Crippen LogP) is 5.23. The predicted molar refractivity (Wildman–Crippen MR) is 123 cm³/mol. The molecule has 0 saturated heterocycles. The van der Waals surface area contributed by atoms with Crippen molar-refractivity contribution in [2.24, 2.45) is 0 Å². The van der Waals surface area contributed by atoms with Crippen LogP contribution in [0.3, 0.4) is 0 Å². The summed E-state index contributed by atoms with van der Waals surface area (Å²) >= 11 is 3.81. The lowest BCUT2D eigenvalue weighted by molar-refractivity contribution is 1.65. The van der Waals surface area contributed by atoms with E-state index in [2.05, 4.69) is 80.6 Å². The van der Waals surface area contributed by atoms with Crippen LogP contribution in [-0.4, -0.2) is 6.71 Å². The summed E-state index contributed by atoms with van der Waals surface area (Å²) in [6.07, 6.45) is 0. The second-order valence-electron chi connectivity index (χ2n) is 7.51. The minimum atomic E-state index is 0.329. The molecule has 0 fully saturated rings. The van der Waals surface area contributed by atoms with E-state index in [-0.39, 0.29) is 0 Å². The minimum absolute atomic E-state index is 0.329. The molecule has 3 aromatic carbocycles. The summed E-state index contributed by atoms with van der Waals surface area (Å²) in [6, 6.07) is 25.3. The summed E-state index contributed by atoms with van der Waals surface area (Å²) in [5.41, 5.74) is 7.13. The minimum Gasteiger partial charge on any atom is -0.141 e. The Hall–Kier alpha value is -2.36. The Bertz CT molecular complexity index is 1260. The van der Waals surface area contributed by atoms with Crippen molar-refractivity contribution >= 4 is 65.9 Å². The molecule has 0 unspecified atom stereocenters. The lowest BCUT2D eigenvalue weighted by Gasteiger charge is -2.10. The first-order valence-corrected chi connectivity index (χ1v) is 10.9. The van der Waals surface area contributed by atoms with E-state index >= 15 is 0 Å². The van der Waals surface area contributed by atoms with Crippen LogP contribution in [0.25, 0.3) is 31.3 Å². The highest BCUT2D eigenvalue weighted by Gasteiger charge is 2.34. The van der Waals surface area contributed by atoms with Gasteiger partial charge in [0.15, 0.2) is 0 Å². The van der Waals surface area contributed by atoms with Crippen LogP contribution in [0.4, 0.5) is 0 Å². The quantitative estimate of drug-likeness (QED) is 0.343. The van der Waals surface area contributed by atoms with Gasteiger partial charge in [0.05, 0.1) is 0 Å². The topological polar surface area (TPSA) is 0 Å². The number of hydrogen-bond donors (Lipinski definition) is 0. The zero-order valence-electron chi connectivity index (χ0n) is 15.2. The van der Waals surface area contributed by atoms with E-state index in [4.69, 9.17) is 0 Å². The molecule has 27 heavy (non-hydrogen) atoms. The molecule has 0 spiro atoms. The number of hydrogen-bond acceptors (Lipinski definition) is 2. The van der Waals surface area contributed by atoms with Gasteiger partial charge in [-0.2, -0.15) is 0 Å². The van der Waals surface area contributed by atoms with Gasteiger partial charge in [-0.3, -0.25) is 0 Å². The maximum Gasteiger partial charge on any atom is 0.242 e. The van der Waals surface area contributed by atoms with Gasteiger partial charge in [-0.25, -0.2) is 0 Å². The standard InChI is InChI=1S/C24H17BS2/c1-14-8-16-10-19-20-11-17-9-15(2)27-24(17)13-22(20)25(18-6-4-3-5-7-18)21(19)12-23(16)26-14/h3-13H,1-2H3. The highest BCUT2D eigenvalue weighted by atomic mass is 32.1. The maximum atomic E-state index is 2.44. The molecule has 0 radical (unpaired) electrons. The number of fused-ring (bicyclic) bond motifs is 5. The second-order valence-corrected chi connectivity index (χ2v) is 10.1. The van der Waals surface area contributed by atoms with E-state index in [0.29, 0.717) is 6.71 Å². The normalized spacial score (nSPS) is 12.7. The number of benzene rings is 3. The summed E-state index contributed by atoms with van der Waals surface area (Å²) in [5, 5.41) is 2.75. The molecule has 2 aromatic heterocycles. The van der Waals surface area contributed by atoms with Crippen LogP contribution in [0.1, 0.15) is 9.75 Å². The van der Waals surface area contributed by atoms with E-state index < -0.39 is 0 Å². The SMILES string of the molecule is Cc1cc2cc3c(cc2s1)B(c1ccccc1)c1cc2sc(C)cc2cc1-3. The fourth-order valence-electron chi connectivity index (χ4n) is 4.59. The van der Waals surface area contributed by atoms with Crippen LogP contribution < -0.4 is 16.4 Å².